The summed E-state index contributed by atoms with van der Waals surface area (Å²) in [7, 11) is -3.97. The van der Waals surface area contributed by atoms with Crippen molar-refractivity contribution in [1.82, 2.24) is 5.32 Å². The fourth-order valence-electron chi connectivity index (χ4n) is 3.91. The third-order valence-corrected chi connectivity index (χ3v) is 7.87. The van der Waals surface area contributed by atoms with E-state index in [2.05, 4.69) is 5.32 Å². The van der Waals surface area contributed by atoms with Crippen LogP contribution in [0.2, 0.25) is 0 Å². The molecule has 1 aliphatic heterocycles. The minimum atomic E-state index is -3.97. The Morgan fingerprint density at radius 1 is 1.08 bits per heavy atom. The van der Waals surface area contributed by atoms with Crippen molar-refractivity contribution in [3.05, 3.63) is 83.7 Å². The summed E-state index contributed by atoms with van der Waals surface area (Å²) in [5.41, 5.74) is 2.07. The maximum atomic E-state index is 13.7. The largest absolute Gasteiger partial charge is 0.492 e. The molecule has 0 saturated heterocycles. The van der Waals surface area contributed by atoms with Crippen LogP contribution in [0.3, 0.4) is 0 Å². The van der Waals surface area contributed by atoms with Crippen LogP contribution in [0.15, 0.2) is 71.6 Å². The third kappa shape index (κ3) is 6.05. The van der Waals surface area contributed by atoms with Gasteiger partial charge in [-0.25, -0.2) is 12.8 Å². The number of rotatable bonds is 7. The van der Waals surface area contributed by atoms with Crippen LogP contribution in [-0.2, 0) is 20.2 Å². The first-order valence-corrected chi connectivity index (χ1v) is 13.5. The van der Waals surface area contributed by atoms with Crippen molar-refractivity contribution >= 4 is 21.6 Å². The summed E-state index contributed by atoms with van der Waals surface area (Å²) in [6, 6.07) is 17.6. The molecule has 0 bridgehead atoms. The molecule has 9 heteroatoms. The molecule has 1 amide bonds. The molecule has 3 aromatic rings. The van der Waals surface area contributed by atoms with Crippen LogP contribution in [0.1, 0.15) is 31.9 Å². The van der Waals surface area contributed by atoms with Gasteiger partial charge in [0.15, 0.2) is 6.10 Å². The molecule has 0 aliphatic carbocycles. The van der Waals surface area contributed by atoms with Crippen molar-refractivity contribution < 1.29 is 27.1 Å². The zero-order chi connectivity index (χ0) is 26.8. The van der Waals surface area contributed by atoms with E-state index >= 15 is 0 Å². The lowest BCUT2D eigenvalue weighted by atomic mass is 9.86. The number of carbonyl (C=O) groups excluding carboxylic acids is 1. The van der Waals surface area contributed by atoms with Crippen LogP contribution in [0.4, 0.5) is 10.1 Å². The molecule has 3 aromatic carbocycles. The van der Waals surface area contributed by atoms with E-state index in [9.17, 15) is 17.6 Å². The number of ether oxygens (including phenoxy) is 2. The molecule has 0 aromatic heterocycles. The first-order valence-electron chi connectivity index (χ1n) is 12.0. The van der Waals surface area contributed by atoms with Crippen LogP contribution in [0, 0.1) is 12.7 Å². The smallest absolute Gasteiger partial charge is 0.264 e. The van der Waals surface area contributed by atoms with Crippen molar-refractivity contribution in [2.24, 2.45) is 0 Å². The van der Waals surface area contributed by atoms with Gasteiger partial charge in [0.25, 0.3) is 15.9 Å². The van der Waals surface area contributed by atoms with Crippen molar-refractivity contribution in [2.75, 3.05) is 24.0 Å². The first kappa shape index (κ1) is 26.5. The number of anilines is 1. The average Bonchev–Trinajstić information content (AvgIpc) is 2.86. The molecule has 1 atom stereocenters. The van der Waals surface area contributed by atoms with E-state index in [0.29, 0.717) is 17.2 Å². The first-order chi connectivity index (χ1) is 17.4. The zero-order valence-corrected chi connectivity index (χ0v) is 22.1. The topological polar surface area (TPSA) is 84.9 Å². The van der Waals surface area contributed by atoms with Crippen molar-refractivity contribution in [1.29, 1.82) is 0 Å². The van der Waals surface area contributed by atoms with E-state index in [1.54, 1.807) is 30.3 Å². The van der Waals surface area contributed by atoms with Gasteiger partial charge >= 0.3 is 0 Å². The molecule has 0 spiro atoms. The third-order valence-electron chi connectivity index (χ3n) is 6.08. The lowest BCUT2D eigenvalue weighted by molar-refractivity contribution is -0.127. The molecular weight excluding hydrogens is 495 g/mol. The Labute approximate surface area is 217 Å². The Hall–Kier alpha value is -3.59. The van der Waals surface area contributed by atoms with Crippen LogP contribution >= 0.6 is 0 Å². The molecule has 196 valence electrons. The molecule has 0 radical (unpaired) electrons. The Kier molecular flexibility index (Phi) is 7.45. The number of halogens is 1. The number of hydrogen-bond donors (Lipinski definition) is 1. The Bertz CT molecular complexity index is 1370. The van der Waals surface area contributed by atoms with Gasteiger partial charge in [-0.15, -0.1) is 0 Å². The summed E-state index contributed by atoms with van der Waals surface area (Å²) >= 11 is 0. The molecule has 4 rings (SSSR count). The Morgan fingerprint density at radius 2 is 1.76 bits per heavy atom. The standard InChI is InChI=1S/C28H31FN2O5S/c1-19-5-12-23(13-6-19)37(33,34)31-18-26(36-25-14-7-20(17-24(25)31)28(2,3)4)27(32)30-15-16-35-22-10-8-21(29)9-11-22/h5-14,17,26H,15-16,18H2,1-4H3,(H,30,32)/t26-/m0/s1. The highest BCUT2D eigenvalue weighted by Crippen LogP contribution is 2.40. The van der Waals surface area contributed by atoms with Gasteiger partial charge in [-0.3, -0.25) is 9.10 Å². The number of sulfonamides is 1. The second-order valence-corrected chi connectivity index (χ2v) is 11.8. The maximum absolute atomic E-state index is 13.7. The highest BCUT2D eigenvalue weighted by atomic mass is 32.2. The zero-order valence-electron chi connectivity index (χ0n) is 21.3. The summed E-state index contributed by atoms with van der Waals surface area (Å²) in [6.45, 7) is 8.15. The molecule has 1 heterocycles. The second-order valence-electron chi connectivity index (χ2n) is 9.98. The van der Waals surface area contributed by atoms with Crippen molar-refractivity contribution in [3.63, 3.8) is 0 Å². The number of benzene rings is 3. The molecular formula is C28H31FN2O5S. The number of nitrogens with one attached hydrogen (secondary N) is 1. The van der Waals surface area contributed by atoms with Gasteiger partial charge in [0.1, 0.15) is 23.9 Å². The second kappa shape index (κ2) is 10.4. The van der Waals surface area contributed by atoms with E-state index in [1.165, 1.54) is 28.6 Å². The summed E-state index contributed by atoms with van der Waals surface area (Å²) in [5.74, 6) is -0.0336. The number of amides is 1. The maximum Gasteiger partial charge on any atom is 0.264 e. The number of fused-ring (bicyclic) bond motifs is 1. The normalized spacial score (nSPS) is 15.5. The van der Waals surface area contributed by atoms with E-state index in [4.69, 9.17) is 9.47 Å². The minimum Gasteiger partial charge on any atom is -0.492 e. The van der Waals surface area contributed by atoms with Gasteiger partial charge in [-0.05, 0) is 66.4 Å². The molecule has 37 heavy (non-hydrogen) atoms. The van der Waals surface area contributed by atoms with E-state index in [1.807, 2.05) is 39.8 Å². The van der Waals surface area contributed by atoms with Crippen molar-refractivity contribution in [2.45, 2.75) is 44.1 Å². The fourth-order valence-corrected chi connectivity index (χ4v) is 5.37. The lowest BCUT2D eigenvalue weighted by Gasteiger charge is -2.36. The summed E-state index contributed by atoms with van der Waals surface area (Å²) < 4.78 is 53.2. The molecule has 0 unspecified atom stereocenters. The summed E-state index contributed by atoms with van der Waals surface area (Å²) in [6.07, 6.45) is -1.06. The Balaban J connectivity index is 1.55. The number of nitrogens with zero attached hydrogens (tertiary/aromatic N) is 1. The van der Waals surface area contributed by atoms with Gasteiger partial charge in [0.05, 0.1) is 23.7 Å². The number of hydrogen-bond acceptors (Lipinski definition) is 5. The van der Waals surface area contributed by atoms with Crippen LogP contribution in [0.5, 0.6) is 11.5 Å². The van der Waals surface area contributed by atoms with Gasteiger partial charge in [0, 0.05) is 0 Å². The molecule has 0 saturated carbocycles. The summed E-state index contributed by atoms with van der Waals surface area (Å²) in [4.78, 5) is 13.1. The molecule has 7 nitrogen and oxygen atoms in total. The predicted octanol–water partition coefficient (Wildman–Crippen LogP) is 4.58. The lowest BCUT2D eigenvalue weighted by Crippen LogP contribution is -2.51. The SMILES string of the molecule is Cc1ccc(S(=O)(=O)N2C[C@@H](C(=O)NCCOc3ccc(F)cc3)Oc3ccc(C(C)(C)C)cc32)cc1. The van der Waals surface area contributed by atoms with Crippen molar-refractivity contribution in [3.8, 4) is 11.5 Å². The van der Waals surface area contributed by atoms with Crippen LogP contribution < -0.4 is 19.1 Å². The van der Waals surface area contributed by atoms with Gasteiger partial charge in [0.2, 0.25) is 0 Å². The van der Waals surface area contributed by atoms with E-state index in [-0.39, 0.29) is 35.8 Å². The number of carbonyl (C=O) groups is 1. The fraction of sp³-hybridized carbons (Fsp3) is 0.321. The summed E-state index contributed by atoms with van der Waals surface area (Å²) in [5, 5.41) is 2.74. The molecule has 1 aliphatic rings. The van der Waals surface area contributed by atoms with Crippen LogP contribution in [-0.4, -0.2) is 40.1 Å². The quantitative estimate of drug-likeness (QED) is 0.456. The van der Waals surface area contributed by atoms with Crippen LogP contribution in [0.25, 0.3) is 0 Å². The van der Waals surface area contributed by atoms with E-state index < -0.39 is 22.0 Å². The average molecular weight is 527 g/mol. The molecule has 0 fully saturated rings. The van der Waals surface area contributed by atoms with Gasteiger partial charge in [-0.1, -0.05) is 44.5 Å². The highest BCUT2D eigenvalue weighted by molar-refractivity contribution is 7.92. The van der Waals surface area contributed by atoms with Gasteiger partial charge in [-0.2, -0.15) is 0 Å². The van der Waals surface area contributed by atoms with E-state index in [0.717, 1.165) is 11.1 Å². The molecule has 1 N–H and O–H groups in total. The Morgan fingerprint density at radius 3 is 2.41 bits per heavy atom. The van der Waals surface area contributed by atoms with Gasteiger partial charge < -0.3 is 14.8 Å². The monoisotopic (exact) mass is 526 g/mol. The number of aryl methyl sites for hydroxylation is 1. The minimum absolute atomic E-state index is 0.138. The highest BCUT2D eigenvalue weighted by Gasteiger charge is 2.38. The predicted molar refractivity (Wildman–Crippen MR) is 140 cm³/mol.